The van der Waals surface area contributed by atoms with E-state index in [0.717, 1.165) is 27.2 Å². The average molecular weight is 435 g/mol. The van der Waals surface area contributed by atoms with Gasteiger partial charge in [-0.15, -0.1) is 16.4 Å². The summed E-state index contributed by atoms with van der Waals surface area (Å²) >= 11 is 1.34. The number of hydrogen-bond donors (Lipinski definition) is 0. The molecule has 6 nitrogen and oxygen atoms in total. The van der Waals surface area contributed by atoms with Crippen molar-refractivity contribution >= 4 is 27.5 Å². The largest absolute Gasteiger partial charge is 0.435 e. The van der Waals surface area contributed by atoms with Gasteiger partial charge in [-0.2, -0.15) is 13.2 Å². The molecule has 0 spiro atoms. The topological polar surface area (TPSA) is 63.9 Å². The lowest BCUT2D eigenvalue weighted by Gasteiger charge is -2.16. The van der Waals surface area contributed by atoms with Gasteiger partial charge >= 0.3 is 6.18 Å². The third kappa shape index (κ3) is 3.75. The van der Waals surface area contributed by atoms with E-state index in [2.05, 4.69) is 15.3 Å². The first kappa shape index (κ1) is 20.0. The Hall–Kier alpha value is -3.34. The number of rotatable bonds is 4. The highest BCUT2D eigenvalue weighted by Crippen LogP contribution is 2.33. The number of amides is 1. The van der Waals surface area contributed by atoms with Gasteiger partial charge in [-0.3, -0.25) is 4.79 Å². The summed E-state index contributed by atoms with van der Waals surface area (Å²) in [4.78, 5) is 18.2. The van der Waals surface area contributed by atoms with Gasteiger partial charge in [0.15, 0.2) is 11.4 Å². The van der Waals surface area contributed by atoms with Crippen LogP contribution >= 0.6 is 11.3 Å². The second-order valence-corrected chi connectivity index (χ2v) is 7.53. The third-order valence-electron chi connectivity index (χ3n) is 4.25. The molecule has 0 fully saturated rings. The number of thiazole rings is 1. The van der Waals surface area contributed by atoms with Crippen LogP contribution in [0.15, 0.2) is 48.5 Å². The summed E-state index contributed by atoms with van der Waals surface area (Å²) in [5.41, 5.74) is -1.68. The van der Waals surface area contributed by atoms with Crippen molar-refractivity contribution < 1.29 is 22.4 Å². The van der Waals surface area contributed by atoms with Crippen molar-refractivity contribution in [1.29, 1.82) is 0 Å². The fourth-order valence-electron chi connectivity index (χ4n) is 2.91. The summed E-state index contributed by atoms with van der Waals surface area (Å²) in [5.74, 6) is -1.71. The van der Waals surface area contributed by atoms with Crippen molar-refractivity contribution in [1.82, 2.24) is 24.9 Å². The van der Waals surface area contributed by atoms with Crippen molar-refractivity contribution in [2.24, 2.45) is 0 Å². The number of alkyl halides is 3. The molecule has 0 radical (unpaired) electrons. The molecule has 0 aliphatic carbocycles. The zero-order valence-electron chi connectivity index (χ0n) is 15.4. The minimum absolute atomic E-state index is 0.00228. The van der Waals surface area contributed by atoms with Crippen molar-refractivity contribution in [2.45, 2.75) is 12.7 Å². The Balaban J connectivity index is 1.67. The average Bonchev–Trinajstić information content (AvgIpc) is 3.31. The summed E-state index contributed by atoms with van der Waals surface area (Å²) in [7, 11) is 1.36. The van der Waals surface area contributed by atoms with Crippen LogP contribution in [-0.4, -0.2) is 37.8 Å². The maximum Gasteiger partial charge on any atom is 0.435 e. The van der Waals surface area contributed by atoms with E-state index in [1.165, 1.54) is 30.5 Å². The highest BCUT2D eigenvalue weighted by atomic mass is 32.1. The fraction of sp³-hybridized carbons (Fsp3) is 0.158. The quantitative estimate of drug-likeness (QED) is 0.448. The molecule has 2 aromatic carbocycles. The van der Waals surface area contributed by atoms with Gasteiger partial charge in [-0.05, 0) is 30.3 Å². The minimum atomic E-state index is -4.93. The molecular weight excluding hydrogens is 422 g/mol. The molecule has 0 saturated heterocycles. The van der Waals surface area contributed by atoms with Crippen LogP contribution < -0.4 is 0 Å². The van der Waals surface area contributed by atoms with Crippen molar-refractivity contribution in [2.75, 3.05) is 7.05 Å². The monoisotopic (exact) mass is 435 g/mol. The molecule has 0 unspecified atom stereocenters. The Kier molecular flexibility index (Phi) is 4.98. The van der Waals surface area contributed by atoms with Gasteiger partial charge in [0, 0.05) is 7.05 Å². The van der Waals surface area contributed by atoms with Gasteiger partial charge in [0.1, 0.15) is 10.8 Å². The molecule has 0 saturated carbocycles. The highest BCUT2D eigenvalue weighted by Gasteiger charge is 2.42. The molecule has 2 heterocycles. The van der Waals surface area contributed by atoms with Gasteiger partial charge in [0.25, 0.3) is 5.91 Å². The molecule has 0 atom stereocenters. The zero-order chi connectivity index (χ0) is 21.5. The molecule has 4 rings (SSSR count). The number of halogens is 4. The van der Waals surface area contributed by atoms with E-state index in [4.69, 9.17) is 0 Å². The predicted octanol–water partition coefficient (Wildman–Crippen LogP) is 4.31. The van der Waals surface area contributed by atoms with Crippen LogP contribution in [0.5, 0.6) is 0 Å². The molecule has 0 aliphatic rings. The van der Waals surface area contributed by atoms with Gasteiger partial charge < -0.3 is 4.90 Å². The Morgan fingerprint density at radius 2 is 1.93 bits per heavy atom. The van der Waals surface area contributed by atoms with E-state index >= 15 is 0 Å². The Morgan fingerprint density at radius 3 is 2.63 bits per heavy atom. The summed E-state index contributed by atoms with van der Waals surface area (Å²) in [6.07, 6.45) is -4.93. The molecule has 0 N–H and O–H groups in total. The summed E-state index contributed by atoms with van der Waals surface area (Å²) in [6.45, 7) is 0.00228. The van der Waals surface area contributed by atoms with Crippen LogP contribution in [0.25, 0.3) is 15.9 Å². The first-order chi connectivity index (χ1) is 14.2. The summed E-state index contributed by atoms with van der Waals surface area (Å²) in [6, 6.07) is 11.8. The lowest BCUT2D eigenvalue weighted by molar-refractivity contribution is -0.143. The number of aromatic nitrogens is 4. The first-order valence-corrected chi connectivity index (χ1v) is 9.44. The molecule has 0 bridgehead atoms. The highest BCUT2D eigenvalue weighted by molar-refractivity contribution is 7.18. The van der Waals surface area contributed by atoms with Crippen molar-refractivity contribution in [3.8, 4) is 5.69 Å². The predicted molar refractivity (Wildman–Crippen MR) is 102 cm³/mol. The van der Waals surface area contributed by atoms with E-state index in [1.807, 2.05) is 24.3 Å². The normalized spacial score (nSPS) is 11.8. The number of carbonyl (C=O) groups is 1. The summed E-state index contributed by atoms with van der Waals surface area (Å²) in [5, 5.41) is 7.48. The van der Waals surface area contributed by atoms with Crippen LogP contribution in [0.1, 0.15) is 21.2 Å². The Bertz CT molecular complexity index is 1200. The molecule has 4 aromatic rings. The molecule has 0 aliphatic heterocycles. The Morgan fingerprint density at radius 1 is 1.17 bits per heavy atom. The van der Waals surface area contributed by atoms with Crippen LogP contribution in [-0.2, 0) is 12.7 Å². The van der Waals surface area contributed by atoms with E-state index in [9.17, 15) is 22.4 Å². The van der Waals surface area contributed by atoms with Gasteiger partial charge in [0.05, 0.1) is 22.4 Å². The molecule has 154 valence electrons. The lowest BCUT2D eigenvalue weighted by Crippen LogP contribution is -2.29. The maximum absolute atomic E-state index is 13.7. The van der Waals surface area contributed by atoms with E-state index in [1.54, 1.807) is 0 Å². The van der Waals surface area contributed by atoms with Crippen LogP contribution in [0.2, 0.25) is 0 Å². The van der Waals surface area contributed by atoms with Crippen LogP contribution in [0, 0.1) is 5.82 Å². The smallest absolute Gasteiger partial charge is 0.333 e. The number of para-hydroxylation sites is 1. The lowest BCUT2D eigenvalue weighted by atomic mass is 10.2. The SMILES string of the molecule is CN(Cc1nc2ccccc2s1)C(=O)c1nnn(-c2cccc(F)c2)c1C(F)(F)F. The standard InChI is InChI=1S/C19H13F4N5OS/c1-27(10-15-24-13-7-2-3-8-14(13)30-15)18(29)16-17(19(21,22)23)28(26-25-16)12-6-4-5-11(20)9-12/h2-9H,10H2,1H3. The van der Waals surface area contributed by atoms with Crippen molar-refractivity contribution in [3.05, 3.63) is 70.7 Å². The first-order valence-electron chi connectivity index (χ1n) is 8.63. The Labute approximate surface area is 171 Å². The second-order valence-electron chi connectivity index (χ2n) is 6.41. The molecule has 1 amide bonds. The zero-order valence-corrected chi connectivity index (χ0v) is 16.2. The number of benzene rings is 2. The van der Waals surface area contributed by atoms with E-state index in [-0.39, 0.29) is 12.2 Å². The number of carbonyl (C=O) groups excluding carboxylic acids is 1. The number of fused-ring (bicyclic) bond motifs is 1. The molecule has 2 aromatic heterocycles. The third-order valence-corrected chi connectivity index (χ3v) is 5.27. The van der Waals surface area contributed by atoms with E-state index < -0.39 is 29.3 Å². The number of hydrogen-bond acceptors (Lipinski definition) is 5. The fourth-order valence-corrected chi connectivity index (χ4v) is 3.93. The molecule has 11 heteroatoms. The van der Waals surface area contributed by atoms with Crippen LogP contribution in [0.4, 0.5) is 17.6 Å². The van der Waals surface area contributed by atoms with Gasteiger partial charge in [-0.25, -0.2) is 14.1 Å². The van der Waals surface area contributed by atoms with Gasteiger partial charge in [-0.1, -0.05) is 23.4 Å². The van der Waals surface area contributed by atoms with E-state index in [0.29, 0.717) is 9.69 Å². The molecule has 30 heavy (non-hydrogen) atoms. The van der Waals surface area contributed by atoms with Gasteiger partial charge in [0.2, 0.25) is 0 Å². The minimum Gasteiger partial charge on any atom is -0.333 e. The van der Waals surface area contributed by atoms with Crippen LogP contribution in [0.3, 0.4) is 0 Å². The maximum atomic E-state index is 13.7. The number of nitrogens with zero attached hydrogens (tertiary/aromatic N) is 5. The second kappa shape index (κ2) is 7.48. The summed E-state index contributed by atoms with van der Waals surface area (Å²) < 4.78 is 56.0. The van der Waals surface area contributed by atoms with Crippen molar-refractivity contribution in [3.63, 3.8) is 0 Å². The molecular formula is C19H13F4N5OS.